The SMILES string of the molecule is CCCN1C(=O)N/C(=C/c2cc(Cl)c(OC)c(Cl)c2)C1=O. The fraction of sp³-hybridized carbons (Fsp3) is 0.286. The van der Waals surface area contributed by atoms with E-state index in [0.717, 1.165) is 0 Å². The maximum absolute atomic E-state index is 12.1. The topological polar surface area (TPSA) is 58.6 Å². The average molecular weight is 329 g/mol. The molecule has 0 spiro atoms. The van der Waals surface area contributed by atoms with Crippen molar-refractivity contribution in [1.82, 2.24) is 10.2 Å². The lowest BCUT2D eigenvalue weighted by molar-refractivity contribution is -0.122. The smallest absolute Gasteiger partial charge is 0.329 e. The second-order valence-corrected chi connectivity index (χ2v) is 5.28. The van der Waals surface area contributed by atoms with E-state index >= 15 is 0 Å². The molecule has 1 aromatic rings. The Hall–Kier alpha value is -1.72. The Balaban J connectivity index is 2.33. The highest BCUT2D eigenvalue weighted by molar-refractivity contribution is 6.37. The molecule has 0 aliphatic carbocycles. The maximum atomic E-state index is 12.1. The molecule has 0 saturated carbocycles. The number of nitrogens with one attached hydrogen (secondary N) is 1. The molecule has 3 amide bonds. The van der Waals surface area contributed by atoms with Gasteiger partial charge in [-0.25, -0.2) is 4.79 Å². The van der Waals surface area contributed by atoms with E-state index in [4.69, 9.17) is 27.9 Å². The van der Waals surface area contributed by atoms with Gasteiger partial charge in [0, 0.05) is 6.54 Å². The molecule has 1 aliphatic heterocycles. The van der Waals surface area contributed by atoms with Crippen molar-refractivity contribution in [2.45, 2.75) is 13.3 Å². The monoisotopic (exact) mass is 328 g/mol. The minimum absolute atomic E-state index is 0.200. The molecule has 1 saturated heterocycles. The lowest BCUT2D eigenvalue weighted by Crippen LogP contribution is -2.31. The molecular formula is C14H14Cl2N2O3. The normalized spacial score (nSPS) is 16.6. The number of carbonyl (C=O) groups excluding carboxylic acids is 2. The molecule has 21 heavy (non-hydrogen) atoms. The molecule has 0 atom stereocenters. The minimum atomic E-state index is -0.418. The Morgan fingerprint density at radius 2 is 1.90 bits per heavy atom. The zero-order valence-electron chi connectivity index (χ0n) is 11.6. The van der Waals surface area contributed by atoms with Crippen LogP contribution in [0.25, 0.3) is 6.08 Å². The first-order valence-corrected chi connectivity index (χ1v) is 7.11. The van der Waals surface area contributed by atoms with Crippen molar-refractivity contribution in [3.63, 3.8) is 0 Å². The second kappa shape index (κ2) is 6.37. The van der Waals surface area contributed by atoms with Crippen LogP contribution in [0.2, 0.25) is 10.0 Å². The molecule has 1 aromatic carbocycles. The fourth-order valence-corrected chi connectivity index (χ4v) is 2.68. The standard InChI is InChI=1S/C14H14Cl2N2O3/c1-3-4-18-13(19)11(17-14(18)20)7-8-5-9(15)12(21-2)10(16)6-8/h5-7H,3-4H2,1-2H3,(H,17,20)/b11-7+. The van der Waals surface area contributed by atoms with E-state index in [1.165, 1.54) is 18.1 Å². The molecule has 0 unspecified atom stereocenters. The highest BCUT2D eigenvalue weighted by Crippen LogP contribution is 2.34. The number of halogens is 2. The van der Waals surface area contributed by atoms with E-state index in [0.29, 0.717) is 34.3 Å². The minimum Gasteiger partial charge on any atom is -0.494 e. The summed E-state index contributed by atoms with van der Waals surface area (Å²) in [5.74, 6) is 0.0137. The second-order valence-electron chi connectivity index (χ2n) is 4.46. The number of ether oxygens (including phenoxy) is 1. The summed E-state index contributed by atoms with van der Waals surface area (Å²) in [6, 6.07) is 2.81. The number of hydrogen-bond acceptors (Lipinski definition) is 3. The fourth-order valence-electron chi connectivity index (χ4n) is 2.02. The zero-order valence-corrected chi connectivity index (χ0v) is 13.1. The number of methoxy groups -OCH3 is 1. The summed E-state index contributed by atoms with van der Waals surface area (Å²) in [6.07, 6.45) is 2.24. The van der Waals surface area contributed by atoms with Crippen molar-refractivity contribution in [2.75, 3.05) is 13.7 Å². The Kier molecular flexibility index (Phi) is 4.75. The predicted octanol–water partition coefficient (Wildman–Crippen LogP) is 3.30. The Morgan fingerprint density at radius 1 is 1.29 bits per heavy atom. The summed E-state index contributed by atoms with van der Waals surface area (Å²) in [5.41, 5.74) is 0.804. The molecular weight excluding hydrogens is 315 g/mol. The summed E-state index contributed by atoms with van der Waals surface area (Å²) in [5, 5.41) is 3.20. The van der Waals surface area contributed by atoms with Crippen LogP contribution >= 0.6 is 23.2 Å². The number of carbonyl (C=O) groups is 2. The van der Waals surface area contributed by atoms with Crippen molar-refractivity contribution in [3.05, 3.63) is 33.4 Å². The molecule has 2 rings (SSSR count). The molecule has 1 aliphatic rings. The number of nitrogens with zero attached hydrogens (tertiary/aromatic N) is 1. The van der Waals surface area contributed by atoms with Crippen molar-refractivity contribution < 1.29 is 14.3 Å². The first-order valence-electron chi connectivity index (χ1n) is 6.35. The summed E-state index contributed by atoms with van der Waals surface area (Å²) in [6.45, 7) is 2.28. The molecule has 0 radical (unpaired) electrons. The lowest BCUT2D eigenvalue weighted by atomic mass is 10.2. The number of hydrogen-bond donors (Lipinski definition) is 1. The molecule has 1 N–H and O–H groups in total. The van der Waals surface area contributed by atoms with Crippen molar-refractivity contribution in [1.29, 1.82) is 0 Å². The Labute approximate surface area is 132 Å². The highest BCUT2D eigenvalue weighted by atomic mass is 35.5. The number of imide groups is 1. The van der Waals surface area contributed by atoms with Gasteiger partial charge in [-0.05, 0) is 30.2 Å². The lowest BCUT2D eigenvalue weighted by Gasteiger charge is -2.09. The van der Waals surface area contributed by atoms with Crippen LogP contribution in [0.4, 0.5) is 4.79 Å². The van der Waals surface area contributed by atoms with Gasteiger partial charge in [0.1, 0.15) is 5.70 Å². The summed E-state index contributed by atoms with van der Waals surface area (Å²) in [7, 11) is 1.47. The van der Waals surface area contributed by atoms with E-state index in [1.807, 2.05) is 6.92 Å². The van der Waals surface area contributed by atoms with Gasteiger partial charge in [0.15, 0.2) is 5.75 Å². The maximum Gasteiger partial charge on any atom is 0.329 e. The highest BCUT2D eigenvalue weighted by Gasteiger charge is 2.32. The van der Waals surface area contributed by atoms with Gasteiger partial charge in [0.05, 0.1) is 17.2 Å². The van der Waals surface area contributed by atoms with Gasteiger partial charge < -0.3 is 10.1 Å². The van der Waals surface area contributed by atoms with Gasteiger partial charge in [-0.3, -0.25) is 9.69 Å². The van der Waals surface area contributed by atoms with Gasteiger partial charge in [0.25, 0.3) is 5.91 Å². The van der Waals surface area contributed by atoms with Crippen LogP contribution in [0.1, 0.15) is 18.9 Å². The number of amides is 3. The van der Waals surface area contributed by atoms with Crippen LogP contribution in [0.3, 0.4) is 0 Å². The summed E-state index contributed by atoms with van der Waals surface area (Å²) in [4.78, 5) is 24.9. The number of benzene rings is 1. The van der Waals surface area contributed by atoms with Gasteiger partial charge in [-0.1, -0.05) is 30.1 Å². The quantitative estimate of drug-likeness (QED) is 0.681. The van der Waals surface area contributed by atoms with Crippen molar-refractivity contribution in [2.24, 2.45) is 0 Å². The predicted molar refractivity (Wildman–Crippen MR) is 81.5 cm³/mol. The third-order valence-corrected chi connectivity index (χ3v) is 3.51. The van der Waals surface area contributed by atoms with Crippen LogP contribution in [-0.2, 0) is 4.79 Å². The van der Waals surface area contributed by atoms with Crippen LogP contribution in [-0.4, -0.2) is 30.5 Å². The average Bonchev–Trinajstić information content (AvgIpc) is 2.66. The first-order chi connectivity index (χ1) is 9.97. The third kappa shape index (κ3) is 3.14. The number of urea groups is 1. The van der Waals surface area contributed by atoms with Gasteiger partial charge >= 0.3 is 6.03 Å². The molecule has 0 bridgehead atoms. The van der Waals surface area contributed by atoms with Gasteiger partial charge in [-0.2, -0.15) is 0 Å². The summed E-state index contributed by atoms with van der Waals surface area (Å²) < 4.78 is 5.06. The molecule has 5 nitrogen and oxygen atoms in total. The van der Waals surface area contributed by atoms with Crippen LogP contribution in [0, 0.1) is 0 Å². The van der Waals surface area contributed by atoms with Crippen molar-refractivity contribution in [3.8, 4) is 5.75 Å². The Morgan fingerprint density at radius 3 is 2.43 bits per heavy atom. The first kappa shape index (κ1) is 15.7. The Bertz CT molecular complexity index is 606. The molecule has 112 valence electrons. The van der Waals surface area contributed by atoms with Crippen molar-refractivity contribution >= 4 is 41.2 Å². The summed E-state index contributed by atoms with van der Waals surface area (Å²) >= 11 is 12.1. The van der Waals surface area contributed by atoms with E-state index in [-0.39, 0.29) is 11.6 Å². The third-order valence-electron chi connectivity index (χ3n) is 2.95. The van der Waals surface area contributed by atoms with Gasteiger partial charge in [-0.15, -0.1) is 0 Å². The molecule has 0 aromatic heterocycles. The van der Waals surface area contributed by atoms with Crippen LogP contribution in [0.15, 0.2) is 17.8 Å². The van der Waals surface area contributed by atoms with E-state index in [2.05, 4.69) is 5.32 Å². The molecule has 1 fully saturated rings. The molecule has 1 heterocycles. The van der Waals surface area contributed by atoms with E-state index < -0.39 is 6.03 Å². The van der Waals surface area contributed by atoms with Crippen LogP contribution < -0.4 is 10.1 Å². The van der Waals surface area contributed by atoms with Gasteiger partial charge in [0.2, 0.25) is 0 Å². The number of rotatable bonds is 4. The van der Waals surface area contributed by atoms with E-state index in [9.17, 15) is 9.59 Å². The zero-order chi connectivity index (χ0) is 15.6. The largest absolute Gasteiger partial charge is 0.494 e. The van der Waals surface area contributed by atoms with Crippen LogP contribution in [0.5, 0.6) is 5.75 Å². The molecule has 7 heteroatoms. The van der Waals surface area contributed by atoms with E-state index in [1.54, 1.807) is 12.1 Å².